The Morgan fingerprint density at radius 3 is 2.42 bits per heavy atom. The molecule has 1 aliphatic heterocycles. The number of benzene rings is 2. The van der Waals surface area contributed by atoms with E-state index >= 15 is 0 Å². The summed E-state index contributed by atoms with van der Waals surface area (Å²) in [6, 6.07) is 15.4. The van der Waals surface area contributed by atoms with Crippen molar-refractivity contribution in [1.82, 2.24) is 25.5 Å². The number of likely N-dealkylation sites (N-methyl/N-ethyl adjacent to an activating group) is 1. The molecule has 0 saturated carbocycles. The molecule has 43 heavy (non-hydrogen) atoms. The molecule has 0 radical (unpaired) electrons. The van der Waals surface area contributed by atoms with Gasteiger partial charge in [-0.25, -0.2) is 14.4 Å². The third-order valence-corrected chi connectivity index (χ3v) is 7.13. The molecule has 1 atom stereocenters. The molecule has 1 unspecified atom stereocenters. The first-order chi connectivity index (χ1) is 20.9. The van der Waals surface area contributed by atoms with Crippen LogP contribution in [0.2, 0.25) is 0 Å². The molecule has 4 rings (SSSR count). The molecule has 3 aromatic rings. The first-order valence-electron chi connectivity index (χ1n) is 14.8. The zero-order valence-electron chi connectivity index (χ0n) is 24.9. The van der Waals surface area contributed by atoms with Crippen LogP contribution in [-0.4, -0.2) is 85.8 Å². The molecule has 1 saturated heterocycles. The Morgan fingerprint density at radius 1 is 0.977 bits per heavy atom. The molecule has 2 aromatic carbocycles. The Balaban J connectivity index is 1.35. The summed E-state index contributed by atoms with van der Waals surface area (Å²) < 4.78 is 24.7. The summed E-state index contributed by atoms with van der Waals surface area (Å²) in [7, 11) is 0. The van der Waals surface area contributed by atoms with E-state index in [2.05, 4.69) is 27.8 Å². The van der Waals surface area contributed by atoms with Gasteiger partial charge in [-0.15, -0.1) is 0 Å². The minimum Gasteiger partial charge on any atom is -0.377 e. The summed E-state index contributed by atoms with van der Waals surface area (Å²) in [4.78, 5) is 35.7. The first kappa shape index (κ1) is 32.0. The van der Waals surface area contributed by atoms with E-state index in [-0.39, 0.29) is 23.5 Å². The number of aromatic nitrogens is 2. The number of halogens is 1. The number of likely N-dealkylation sites (tertiary alicyclic amines) is 1. The van der Waals surface area contributed by atoms with Gasteiger partial charge in [-0.1, -0.05) is 25.1 Å². The number of piperidine rings is 1. The van der Waals surface area contributed by atoms with Crippen LogP contribution < -0.4 is 16.0 Å². The number of ether oxygens (including phenoxy) is 2. The molecule has 3 N–H and O–H groups in total. The maximum absolute atomic E-state index is 13.8. The van der Waals surface area contributed by atoms with Gasteiger partial charge >= 0.3 is 0 Å². The van der Waals surface area contributed by atoms with Crippen LogP contribution in [0.4, 0.5) is 15.9 Å². The number of anilines is 2. The third-order valence-electron chi connectivity index (χ3n) is 7.13. The van der Waals surface area contributed by atoms with Crippen LogP contribution in [0.25, 0.3) is 11.3 Å². The van der Waals surface area contributed by atoms with E-state index in [4.69, 9.17) is 19.4 Å². The fraction of sp³-hybridized carbons (Fsp3) is 0.438. The van der Waals surface area contributed by atoms with Crippen molar-refractivity contribution in [3.8, 4) is 11.3 Å². The van der Waals surface area contributed by atoms with Gasteiger partial charge in [-0.2, -0.15) is 0 Å². The number of carbonyl (C=O) groups is 2. The minimum absolute atomic E-state index is 0.0873. The lowest BCUT2D eigenvalue weighted by Crippen LogP contribution is -2.34. The van der Waals surface area contributed by atoms with Gasteiger partial charge in [0.15, 0.2) is 0 Å². The summed E-state index contributed by atoms with van der Waals surface area (Å²) in [5.41, 5.74) is 2.73. The lowest BCUT2D eigenvalue weighted by Gasteiger charge is -2.31. The average molecular weight is 593 g/mol. The second-order valence-electron chi connectivity index (χ2n) is 10.4. The zero-order chi connectivity index (χ0) is 30.4. The quantitative estimate of drug-likeness (QED) is 0.226. The first-order valence-corrected chi connectivity index (χ1v) is 14.8. The van der Waals surface area contributed by atoms with Gasteiger partial charge in [0.05, 0.1) is 32.1 Å². The highest BCUT2D eigenvalue weighted by Gasteiger charge is 2.24. The largest absolute Gasteiger partial charge is 0.377 e. The average Bonchev–Trinajstić information content (AvgIpc) is 3.01. The Labute approximate surface area is 252 Å². The maximum Gasteiger partial charge on any atom is 0.251 e. The Morgan fingerprint density at radius 2 is 1.72 bits per heavy atom. The molecule has 11 heteroatoms. The fourth-order valence-electron chi connectivity index (χ4n) is 4.88. The molecule has 0 spiro atoms. The Kier molecular flexibility index (Phi) is 12.4. The Hall–Kier alpha value is -3.93. The maximum atomic E-state index is 13.8. The van der Waals surface area contributed by atoms with Crippen LogP contribution >= 0.6 is 0 Å². The topological polar surface area (TPSA) is 118 Å². The van der Waals surface area contributed by atoms with E-state index in [1.165, 1.54) is 19.1 Å². The molecular weight excluding hydrogens is 551 g/mol. The Bertz CT molecular complexity index is 1340. The van der Waals surface area contributed by atoms with E-state index in [1.54, 1.807) is 24.3 Å². The smallest absolute Gasteiger partial charge is 0.251 e. The molecular formula is C32H41FN6O4. The van der Waals surface area contributed by atoms with Crippen molar-refractivity contribution in [2.75, 3.05) is 64.5 Å². The van der Waals surface area contributed by atoms with Gasteiger partial charge in [-0.05, 0) is 56.3 Å². The number of nitrogens with one attached hydrogen (secondary N) is 3. The van der Waals surface area contributed by atoms with Crippen molar-refractivity contribution in [2.24, 2.45) is 0 Å². The molecule has 1 aliphatic rings. The monoisotopic (exact) mass is 592 g/mol. The van der Waals surface area contributed by atoms with Crippen molar-refractivity contribution in [2.45, 2.75) is 32.6 Å². The van der Waals surface area contributed by atoms with E-state index < -0.39 is 0 Å². The van der Waals surface area contributed by atoms with Crippen molar-refractivity contribution in [1.29, 1.82) is 0 Å². The molecule has 0 bridgehead atoms. The van der Waals surface area contributed by atoms with Crippen molar-refractivity contribution in [3.05, 3.63) is 71.8 Å². The number of nitrogens with zero attached hydrogens (tertiary/aromatic N) is 3. The van der Waals surface area contributed by atoms with Crippen LogP contribution in [0.3, 0.4) is 0 Å². The summed E-state index contributed by atoms with van der Waals surface area (Å²) in [6.45, 7) is 9.01. The lowest BCUT2D eigenvalue weighted by molar-refractivity contribution is -0.119. The van der Waals surface area contributed by atoms with Crippen LogP contribution in [0.5, 0.6) is 0 Å². The second kappa shape index (κ2) is 16.6. The SMILES string of the molecule is CCN1CCCC(c2nc(Nc3cccc(F)c3)cc(-c3ccc(C(=O)NCCOCCOCCNC(C)=O)cc3)n2)C1. The van der Waals surface area contributed by atoms with E-state index in [1.807, 2.05) is 18.2 Å². The van der Waals surface area contributed by atoms with E-state index in [0.29, 0.717) is 56.6 Å². The number of carbonyl (C=O) groups excluding carboxylic acids is 2. The molecule has 230 valence electrons. The number of hydrogen-bond acceptors (Lipinski definition) is 8. The van der Waals surface area contributed by atoms with Crippen molar-refractivity contribution in [3.63, 3.8) is 0 Å². The predicted octanol–water partition coefficient (Wildman–Crippen LogP) is 4.12. The predicted molar refractivity (Wildman–Crippen MR) is 164 cm³/mol. The number of rotatable bonds is 15. The van der Waals surface area contributed by atoms with Crippen molar-refractivity contribution >= 4 is 23.3 Å². The van der Waals surface area contributed by atoms with Gasteiger partial charge in [-0.3, -0.25) is 9.59 Å². The minimum atomic E-state index is -0.324. The molecule has 10 nitrogen and oxygen atoms in total. The lowest BCUT2D eigenvalue weighted by atomic mass is 9.97. The number of amides is 2. The van der Waals surface area contributed by atoms with Crippen LogP contribution in [0, 0.1) is 5.82 Å². The summed E-state index contributed by atoms with van der Waals surface area (Å²) >= 11 is 0. The normalized spacial score (nSPS) is 15.2. The molecule has 1 aromatic heterocycles. The van der Waals surface area contributed by atoms with Crippen molar-refractivity contribution < 1.29 is 23.5 Å². The standard InChI is InChI=1S/C32H41FN6O4/c1-3-39-15-5-6-26(22-39)31-37-29(21-30(38-31)36-28-8-4-7-27(33)20-28)24-9-11-25(12-10-24)32(41)35-14-17-43-19-18-42-16-13-34-23(2)40/h4,7-12,20-21,26H,3,5-6,13-19,22H2,1-2H3,(H,34,40)(H,35,41)(H,36,37,38). The summed E-state index contributed by atoms with van der Waals surface area (Å²) in [5, 5.41) is 8.76. The van der Waals surface area contributed by atoms with Gasteiger partial charge in [0.1, 0.15) is 17.5 Å². The van der Waals surface area contributed by atoms with Gasteiger partial charge in [0, 0.05) is 55.4 Å². The third kappa shape index (κ3) is 10.4. The van der Waals surface area contributed by atoms with Crippen LogP contribution in [0.1, 0.15) is 48.8 Å². The van der Waals surface area contributed by atoms with Crippen LogP contribution in [0.15, 0.2) is 54.6 Å². The molecule has 2 heterocycles. The molecule has 2 amide bonds. The summed E-state index contributed by atoms with van der Waals surface area (Å²) in [5.74, 6) is 0.948. The summed E-state index contributed by atoms with van der Waals surface area (Å²) in [6.07, 6.45) is 2.09. The highest BCUT2D eigenvalue weighted by molar-refractivity contribution is 5.94. The van der Waals surface area contributed by atoms with Gasteiger partial charge in [0.25, 0.3) is 5.91 Å². The highest BCUT2D eigenvalue weighted by Crippen LogP contribution is 2.29. The fourth-order valence-corrected chi connectivity index (χ4v) is 4.88. The highest BCUT2D eigenvalue weighted by atomic mass is 19.1. The number of hydrogen-bond donors (Lipinski definition) is 3. The van der Waals surface area contributed by atoms with E-state index in [9.17, 15) is 14.0 Å². The van der Waals surface area contributed by atoms with Gasteiger partial charge < -0.3 is 30.3 Å². The second-order valence-corrected chi connectivity index (χ2v) is 10.4. The molecule has 1 fully saturated rings. The van der Waals surface area contributed by atoms with Gasteiger partial charge in [0.2, 0.25) is 5.91 Å². The van der Waals surface area contributed by atoms with Crippen LogP contribution in [-0.2, 0) is 14.3 Å². The molecule has 0 aliphatic carbocycles. The van der Waals surface area contributed by atoms with E-state index in [0.717, 1.165) is 49.6 Å². The zero-order valence-corrected chi connectivity index (χ0v) is 24.9.